The van der Waals surface area contributed by atoms with Gasteiger partial charge in [0, 0.05) is 18.2 Å². The molecule has 0 atom stereocenters. The van der Waals surface area contributed by atoms with Gasteiger partial charge >= 0.3 is 6.09 Å². The number of carbonyl (C=O) groups excluding carboxylic acids is 1. The van der Waals surface area contributed by atoms with E-state index >= 15 is 0 Å². The molecule has 35 heavy (non-hydrogen) atoms. The Labute approximate surface area is 206 Å². The number of amides is 1. The Morgan fingerprint density at radius 2 is 1.97 bits per heavy atom. The number of nitrogens with zero attached hydrogens (tertiary/aromatic N) is 4. The summed E-state index contributed by atoms with van der Waals surface area (Å²) in [7, 11) is 1.72. The van der Waals surface area contributed by atoms with Crippen molar-refractivity contribution in [1.82, 2.24) is 15.0 Å². The smallest absolute Gasteiger partial charge is 0.409 e. The summed E-state index contributed by atoms with van der Waals surface area (Å²) in [6.45, 7) is 9.14. The number of benzene rings is 2. The summed E-state index contributed by atoms with van der Waals surface area (Å²) in [4.78, 5) is 16.4. The first-order chi connectivity index (χ1) is 17.0. The zero-order valence-corrected chi connectivity index (χ0v) is 21.0. The van der Waals surface area contributed by atoms with E-state index in [-0.39, 0.29) is 12.2 Å². The molecule has 5 rings (SSSR count). The van der Waals surface area contributed by atoms with E-state index in [1.807, 2.05) is 45.9 Å². The molecule has 1 amide bonds. The minimum absolute atomic E-state index is 0.00290. The van der Waals surface area contributed by atoms with Gasteiger partial charge in [-0.25, -0.2) is 4.79 Å². The number of carbonyl (C=O) groups is 1. The van der Waals surface area contributed by atoms with Gasteiger partial charge in [0.25, 0.3) is 5.89 Å². The predicted molar refractivity (Wildman–Crippen MR) is 133 cm³/mol. The van der Waals surface area contributed by atoms with Gasteiger partial charge in [0.1, 0.15) is 18.4 Å². The van der Waals surface area contributed by atoms with Crippen molar-refractivity contribution in [2.24, 2.45) is 0 Å². The van der Waals surface area contributed by atoms with Gasteiger partial charge in [-0.1, -0.05) is 37.2 Å². The van der Waals surface area contributed by atoms with Gasteiger partial charge in [0.15, 0.2) is 0 Å². The summed E-state index contributed by atoms with van der Waals surface area (Å²) in [5.74, 6) is 1.56. The van der Waals surface area contributed by atoms with Gasteiger partial charge in [-0.2, -0.15) is 10.2 Å². The molecule has 0 saturated carbocycles. The topological polar surface area (TPSA) is 101 Å². The van der Waals surface area contributed by atoms with Gasteiger partial charge in [-0.3, -0.25) is 0 Å². The minimum Gasteiger partial charge on any atom is -0.490 e. The Kier molecular flexibility index (Phi) is 8.85. The van der Waals surface area contributed by atoms with Crippen molar-refractivity contribution in [2.45, 2.75) is 53.1 Å². The standard InChI is InChI=1S/C21H19N3O2.C4H7NO2.C2H6/c1-13(2)25-19-10-9-15(11-16(19)12-22)21-23-20(24-26-21)18-8-4-6-14-5-3-7-17(14)18;1-5-2-3-7-4(5)6;1-2/h4,6,8-11,13H,3,5,7H2,1-2H3;2-3H2,1H3;1-2H3. The number of aryl methyl sites for hydroxylation is 1. The lowest BCUT2D eigenvalue weighted by Gasteiger charge is -2.11. The van der Waals surface area contributed by atoms with Crippen LogP contribution >= 0.6 is 0 Å². The van der Waals surface area contributed by atoms with Gasteiger partial charge in [0.2, 0.25) is 5.82 Å². The van der Waals surface area contributed by atoms with E-state index in [9.17, 15) is 10.1 Å². The van der Waals surface area contributed by atoms with Gasteiger partial charge in [0.05, 0.1) is 18.2 Å². The van der Waals surface area contributed by atoms with Crippen LogP contribution in [0, 0.1) is 11.3 Å². The Hall–Kier alpha value is -3.86. The number of nitriles is 1. The Morgan fingerprint density at radius 1 is 1.17 bits per heavy atom. The lowest BCUT2D eigenvalue weighted by atomic mass is 10.0. The fraction of sp³-hybridized carbons (Fsp3) is 0.407. The van der Waals surface area contributed by atoms with Crippen LogP contribution in [0.15, 0.2) is 40.9 Å². The second kappa shape index (κ2) is 12.0. The maximum Gasteiger partial charge on any atom is 0.409 e. The average Bonchev–Trinajstić information content (AvgIpc) is 3.62. The molecule has 0 radical (unpaired) electrons. The molecule has 184 valence electrons. The molecule has 0 N–H and O–H groups in total. The maximum atomic E-state index is 10.3. The molecular weight excluding hydrogens is 444 g/mol. The van der Waals surface area contributed by atoms with Crippen LogP contribution < -0.4 is 4.74 Å². The summed E-state index contributed by atoms with van der Waals surface area (Å²) >= 11 is 0. The highest BCUT2D eigenvalue weighted by Crippen LogP contribution is 2.32. The summed E-state index contributed by atoms with van der Waals surface area (Å²) in [6, 6.07) is 13.8. The van der Waals surface area contributed by atoms with E-state index in [0.29, 0.717) is 35.2 Å². The zero-order chi connectivity index (χ0) is 25.4. The number of likely N-dealkylation sites (N-methyl/N-ethyl adjacent to an activating group) is 1. The first-order valence-corrected chi connectivity index (χ1v) is 12.0. The van der Waals surface area contributed by atoms with Crippen LogP contribution in [-0.2, 0) is 17.6 Å². The van der Waals surface area contributed by atoms with Crippen LogP contribution in [0.4, 0.5) is 4.79 Å². The van der Waals surface area contributed by atoms with E-state index in [1.54, 1.807) is 24.1 Å². The van der Waals surface area contributed by atoms with Crippen LogP contribution in [0.3, 0.4) is 0 Å². The maximum absolute atomic E-state index is 10.3. The van der Waals surface area contributed by atoms with Crippen molar-refractivity contribution in [2.75, 3.05) is 20.2 Å². The lowest BCUT2D eigenvalue weighted by molar-refractivity contribution is 0.163. The largest absolute Gasteiger partial charge is 0.490 e. The molecule has 2 aromatic carbocycles. The molecule has 1 aromatic heterocycles. The average molecular weight is 477 g/mol. The number of aromatic nitrogens is 2. The molecule has 3 aromatic rings. The first kappa shape index (κ1) is 25.8. The third-order valence-corrected chi connectivity index (χ3v) is 5.49. The zero-order valence-electron chi connectivity index (χ0n) is 21.0. The van der Waals surface area contributed by atoms with Crippen LogP contribution in [0.5, 0.6) is 5.75 Å². The van der Waals surface area contributed by atoms with Crippen molar-refractivity contribution in [1.29, 1.82) is 5.26 Å². The van der Waals surface area contributed by atoms with E-state index in [1.165, 1.54) is 17.5 Å². The third-order valence-electron chi connectivity index (χ3n) is 5.49. The first-order valence-electron chi connectivity index (χ1n) is 12.0. The van der Waals surface area contributed by atoms with Crippen molar-refractivity contribution < 1.29 is 18.8 Å². The monoisotopic (exact) mass is 476 g/mol. The highest BCUT2D eigenvalue weighted by molar-refractivity contribution is 5.69. The molecule has 8 heteroatoms. The molecule has 0 spiro atoms. The SMILES string of the molecule is CC.CC(C)Oc1ccc(-c2nc(-c3cccc4c3CCC4)no2)cc1C#N.CN1CCOC1=O. The highest BCUT2D eigenvalue weighted by atomic mass is 16.6. The summed E-state index contributed by atoms with van der Waals surface area (Å²) in [6.07, 6.45) is 3.12. The van der Waals surface area contributed by atoms with E-state index in [0.717, 1.165) is 24.9 Å². The fourth-order valence-corrected chi connectivity index (χ4v) is 3.86. The number of hydrogen-bond donors (Lipinski definition) is 0. The molecule has 1 aliphatic carbocycles. The summed E-state index contributed by atoms with van der Waals surface area (Å²) in [5, 5.41) is 13.6. The van der Waals surface area contributed by atoms with Crippen LogP contribution in [-0.4, -0.2) is 47.4 Å². The molecule has 0 bridgehead atoms. The Balaban J connectivity index is 0.000000324. The normalized spacial score (nSPS) is 13.7. The van der Waals surface area contributed by atoms with Gasteiger partial charge in [-0.15, -0.1) is 0 Å². The van der Waals surface area contributed by atoms with Crippen molar-refractivity contribution >= 4 is 6.09 Å². The van der Waals surface area contributed by atoms with Crippen LogP contribution in [0.1, 0.15) is 50.8 Å². The molecule has 1 fully saturated rings. The quantitative estimate of drug-likeness (QED) is 0.480. The molecule has 2 aliphatic rings. The van der Waals surface area contributed by atoms with Crippen molar-refractivity contribution in [3.8, 4) is 34.7 Å². The van der Waals surface area contributed by atoms with Crippen LogP contribution in [0.2, 0.25) is 0 Å². The van der Waals surface area contributed by atoms with Crippen LogP contribution in [0.25, 0.3) is 22.8 Å². The van der Waals surface area contributed by atoms with Gasteiger partial charge < -0.3 is 18.9 Å². The number of cyclic esters (lactones) is 1. The molecule has 1 aliphatic heterocycles. The third kappa shape index (κ3) is 6.18. The number of rotatable bonds is 4. The Bertz CT molecular complexity index is 1200. The molecule has 2 heterocycles. The second-order valence-corrected chi connectivity index (χ2v) is 8.25. The van der Waals surface area contributed by atoms with Gasteiger partial charge in [-0.05, 0) is 62.4 Å². The van der Waals surface area contributed by atoms with E-state index in [4.69, 9.17) is 9.26 Å². The van der Waals surface area contributed by atoms with Crippen molar-refractivity contribution in [3.05, 3.63) is 53.1 Å². The van der Waals surface area contributed by atoms with E-state index in [2.05, 4.69) is 27.0 Å². The Morgan fingerprint density at radius 3 is 2.60 bits per heavy atom. The molecular formula is C27H32N4O4. The summed E-state index contributed by atoms with van der Waals surface area (Å²) < 4.78 is 15.7. The minimum atomic E-state index is -0.208. The molecule has 0 unspecified atom stereocenters. The highest BCUT2D eigenvalue weighted by Gasteiger charge is 2.20. The number of fused-ring (bicyclic) bond motifs is 1. The predicted octanol–water partition coefficient (Wildman–Crippen LogP) is 5.65. The molecule has 8 nitrogen and oxygen atoms in total. The molecule has 1 saturated heterocycles. The van der Waals surface area contributed by atoms with Crippen molar-refractivity contribution in [3.63, 3.8) is 0 Å². The lowest BCUT2D eigenvalue weighted by Crippen LogP contribution is -2.17. The van der Waals surface area contributed by atoms with E-state index < -0.39 is 0 Å². The second-order valence-electron chi connectivity index (χ2n) is 8.25. The fourth-order valence-electron chi connectivity index (χ4n) is 3.86. The number of ether oxygens (including phenoxy) is 2. The number of hydrogen-bond acceptors (Lipinski definition) is 7. The summed E-state index contributed by atoms with van der Waals surface area (Å²) in [5.41, 5.74) is 4.89.